The van der Waals surface area contributed by atoms with Gasteiger partial charge in [0.2, 0.25) is 5.91 Å². The average molecular weight is 232 g/mol. The number of amides is 1. The zero-order valence-corrected chi connectivity index (χ0v) is 10.4. The summed E-state index contributed by atoms with van der Waals surface area (Å²) >= 11 is 5.92. The molecule has 0 aliphatic carbocycles. The normalized spacial score (nSPS) is 21.3. The fraction of sp³-hybridized carbons (Fsp3) is 0.917. The van der Waals surface area contributed by atoms with Gasteiger partial charge in [-0.1, -0.05) is 39.0 Å². The van der Waals surface area contributed by atoms with E-state index in [0.717, 1.165) is 19.5 Å². The van der Waals surface area contributed by atoms with Crippen LogP contribution in [0.3, 0.4) is 0 Å². The van der Waals surface area contributed by atoms with Crippen molar-refractivity contribution in [3.8, 4) is 0 Å². The van der Waals surface area contributed by atoms with Gasteiger partial charge in [-0.3, -0.25) is 4.79 Å². The molecular weight excluding hydrogens is 210 g/mol. The van der Waals surface area contributed by atoms with Crippen LogP contribution in [-0.4, -0.2) is 29.3 Å². The number of hydrogen-bond donors (Lipinski definition) is 0. The van der Waals surface area contributed by atoms with Crippen LogP contribution in [0.1, 0.15) is 51.9 Å². The Morgan fingerprint density at radius 1 is 1.27 bits per heavy atom. The Balaban J connectivity index is 1.98. The molecule has 88 valence electrons. The van der Waals surface area contributed by atoms with Gasteiger partial charge in [0, 0.05) is 19.5 Å². The van der Waals surface area contributed by atoms with E-state index in [0.29, 0.717) is 6.42 Å². The largest absolute Gasteiger partial charge is 0.341 e. The van der Waals surface area contributed by atoms with E-state index in [1.54, 1.807) is 0 Å². The Bertz CT molecular complexity index is 196. The van der Waals surface area contributed by atoms with Gasteiger partial charge in [-0.05, 0) is 6.42 Å². The molecule has 15 heavy (non-hydrogen) atoms. The van der Waals surface area contributed by atoms with Gasteiger partial charge in [0.05, 0.1) is 5.38 Å². The van der Waals surface area contributed by atoms with E-state index in [9.17, 15) is 4.79 Å². The molecule has 1 rings (SSSR count). The molecule has 0 spiro atoms. The third kappa shape index (κ3) is 4.87. The molecule has 0 aromatic heterocycles. The molecule has 1 saturated heterocycles. The van der Waals surface area contributed by atoms with E-state index < -0.39 is 0 Å². The predicted molar refractivity (Wildman–Crippen MR) is 64.2 cm³/mol. The summed E-state index contributed by atoms with van der Waals surface area (Å²) in [4.78, 5) is 13.3. The molecule has 1 aliphatic heterocycles. The number of carbonyl (C=O) groups is 1. The Kier molecular flexibility index (Phi) is 6.07. The predicted octanol–water partition coefficient (Wildman–Crippen LogP) is 3.19. The summed E-state index contributed by atoms with van der Waals surface area (Å²) in [6.07, 6.45) is 8.20. The lowest BCUT2D eigenvalue weighted by atomic mass is 10.1. The minimum absolute atomic E-state index is 0.0533. The van der Waals surface area contributed by atoms with Crippen molar-refractivity contribution in [2.45, 2.75) is 57.2 Å². The zero-order chi connectivity index (χ0) is 11.1. The van der Waals surface area contributed by atoms with Crippen LogP contribution in [0.4, 0.5) is 0 Å². The third-order valence-electron chi connectivity index (χ3n) is 2.95. The molecule has 0 saturated carbocycles. The van der Waals surface area contributed by atoms with Crippen LogP contribution >= 0.6 is 11.6 Å². The fourth-order valence-electron chi connectivity index (χ4n) is 2.02. The van der Waals surface area contributed by atoms with E-state index in [1.165, 1.54) is 32.1 Å². The molecule has 0 N–H and O–H groups in total. The van der Waals surface area contributed by atoms with Crippen LogP contribution in [0.5, 0.6) is 0 Å². The number of unbranched alkanes of at least 4 members (excludes halogenated alkanes) is 5. The lowest BCUT2D eigenvalue weighted by molar-refractivity contribution is -0.127. The number of likely N-dealkylation sites (tertiary alicyclic amines) is 1. The molecule has 1 fully saturated rings. The van der Waals surface area contributed by atoms with Crippen molar-refractivity contribution >= 4 is 17.5 Å². The van der Waals surface area contributed by atoms with Crippen molar-refractivity contribution in [3.05, 3.63) is 0 Å². The monoisotopic (exact) mass is 231 g/mol. The number of nitrogens with zero attached hydrogens (tertiary/aromatic N) is 1. The lowest BCUT2D eigenvalue weighted by Gasteiger charge is -2.15. The lowest BCUT2D eigenvalue weighted by Crippen LogP contribution is -2.26. The first kappa shape index (κ1) is 12.8. The number of carbonyl (C=O) groups excluding carboxylic acids is 1. The minimum Gasteiger partial charge on any atom is -0.341 e. The summed E-state index contributed by atoms with van der Waals surface area (Å²) in [7, 11) is 0. The van der Waals surface area contributed by atoms with Crippen LogP contribution in [0.2, 0.25) is 0 Å². The van der Waals surface area contributed by atoms with Gasteiger partial charge in [-0.2, -0.15) is 0 Å². The second-order valence-corrected chi connectivity index (χ2v) is 5.03. The quantitative estimate of drug-likeness (QED) is 0.487. The maximum absolute atomic E-state index is 11.4. The molecule has 1 atom stereocenters. The summed E-state index contributed by atoms with van der Waals surface area (Å²) in [5.74, 6) is 0.239. The van der Waals surface area contributed by atoms with Crippen LogP contribution in [0.15, 0.2) is 0 Å². The molecule has 0 bridgehead atoms. The molecule has 1 heterocycles. The molecule has 1 unspecified atom stereocenters. The van der Waals surface area contributed by atoms with E-state index in [1.807, 2.05) is 4.90 Å². The maximum Gasteiger partial charge on any atom is 0.224 e. The van der Waals surface area contributed by atoms with Crippen molar-refractivity contribution in [1.29, 1.82) is 0 Å². The van der Waals surface area contributed by atoms with Crippen molar-refractivity contribution in [2.24, 2.45) is 0 Å². The maximum atomic E-state index is 11.4. The van der Waals surface area contributed by atoms with Gasteiger partial charge in [0.25, 0.3) is 0 Å². The molecule has 2 nitrogen and oxygen atoms in total. The highest BCUT2D eigenvalue weighted by Crippen LogP contribution is 2.17. The highest BCUT2D eigenvalue weighted by molar-refractivity contribution is 6.22. The first-order valence-electron chi connectivity index (χ1n) is 6.16. The zero-order valence-electron chi connectivity index (χ0n) is 9.67. The van der Waals surface area contributed by atoms with Crippen LogP contribution < -0.4 is 0 Å². The van der Waals surface area contributed by atoms with Crippen molar-refractivity contribution in [3.63, 3.8) is 0 Å². The molecule has 0 radical (unpaired) electrons. The molecule has 0 aromatic carbocycles. The second-order valence-electron chi connectivity index (χ2n) is 4.41. The highest BCUT2D eigenvalue weighted by atomic mass is 35.5. The van der Waals surface area contributed by atoms with Crippen molar-refractivity contribution in [2.75, 3.05) is 13.1 Å². The number of rotatable bonds is 7. The van der Waals surface area contributed by atoms with Crippen LogP contribution in [-0.2, 0) is 4.79 Å². The number of hydrogen-bond acceptors (Lipinski definition) is 1. The van der Waals surface area contributed by atoms with E-state index >= 15 is 0 Å². The van der Waals surface area contributed by atoms with Crippen molar-refractivity contribution in [1.82, 2.24) is 4.90 Å². The van der Waals surface area contributed by atoms with Crippen molar-refractivity contribution < 1.29 is 4.79 Å². The molecular formula is C12H22ClNO. The van der Waals surface area contributed by atoms with E-state index in [-0.39, 0.29) is 11.3 Å². The van der Waals surface area contributed by atoms with Crippen LogP contribution in [0, 0.1) is 0 Å². The SMILES string of the molecule is CCCCCCCCN1CC(Cl)CC1=O. The molecule has 3 heteroatoms. The molecule has 1 aliphatic rings. The van der Waals surface area contributed by atoms with Gasteiger partial charge in [0.1, 0.15) is 0 Å². The van der Waals surface area contributed by atoms with Gasteiger partial charge in [0.15, 0.2) is 0 Å². The van der Waals surface area contributed by atoms with E-state index in [2.05, 4.69) is 6.92 Å². The third-order valence-corrected chi connectivity index (χ3v) is 3.24. The Morgan fingerprint density at radius 3 is 2.53 bits per heavy atom. The highest BCUT2D eigenvalue weighted by Gasteiger charge is 2.26. The summed E-state index contributed by atoms with van der Waals surface area (Å²) in [6.45, 7) is 3.90. The topological polar surface area (TPSA) is 20.3 Å². The molecule has 1 amide bonds. The number of halogens is 1. The van der Waals surface area contributed by atoms with Gasteiger partial charge >= 0.3 is 0 Å². The summed E-state index contributed by atoms with van der Waals surface area (Å²) < 4.78 is 0. The first-order chi connectivity index (χ1) is 7.24. The smallest absolute Gasteiger partial charge is 0.224 e. The summed E-state index contributed by atoms with van der Waals surface area (Å²) in [5, 5.41) is 0.0533. The van der Waals surface area contributed by atoms with E-state index in [4.69, 9.17) is 11.6 Å². The van der Waals surface area contributed by atoms with Gasteiger partial charge in [-0.15, -0.1) is 11.6 Å². The Morgan fingerprint density at radius 2 is 1.93 bits per heavy atom. The van der Waals surface area contributed by atoms with Gasteiger partial charge in [-0.25, -0.2) is 0 Å². The van der Waals surface area contributed by atoms with Gasteiger partial charge < -0.3 is 4.90 Å². The Hall–Kier alpha value is -0.240. The average Bonchev–Trinajstić information content (AvgIpc) is 2.51. The molecule has 0 aromatic rings. The minimum atomic E-state index is 0.0533. The first-order valence-corrected chi connectivity index (χ1v) is 6.59. The number of alkyl halides is 1. The Labute approximate surface area is 98.0 Å². The van der Waals surface area contributed by atoms with Crippen LogP contribution in [0.25, 0.3) is 0 Å². The second kappa shape index (κ2) is 7.10. The summed E-state index contributed by atoms with van der Waals surface area (Å²) in [5.41, 5.74) is 0. The standard InChI is InChI=1S/C12H22ClNO/c1-2-3-4-5-6-7-8-14-10-11(13)9-12(14)15/h11H,2-10H2,1H3. The summed E-state index contributed by atoms with van der Waals surface area (Å²) in [6, 6.07) is 0. The fourth-order valence-corrected chi connectivity index (χ4v) is 2.32.